The molecule has 2 atom stereocenters. The topological polar surface area (TPSA) is 80.4 Å². The molecule has 4 nitrogen and oxygen atoms in total. The zero-order valence-electron chi connectivity index (χ0n) is 10.2. The van der Waals surface area contributed by atoms with Crippen LogP contribution in [-0.4, -0.2) is 37.2 Å². The van der Waals surface area contributed by atoms with Crippen LogP contribution in [0.2, 0.25) is 0 Å². The van der Waals surface area contributed by atoms with E-state index < -0.39 is 20.7 Å². The van der Waals surface area contributed by atoms with Crippen LogP contribution in [0.4, 0.5) is 0 Å². The van der Waals surface area contributed by atoms with Crippen molar-refractivity contribution < 1.29 is 13.5 Å². The van der Waals surface area contributed by atoms with Gasteiger partial charge >= 0.3 is 0 Å². The summed E-state index contributed by atoms with van der Waals surface area (Å²) in [6.45, 7) is 7.23. The minimum absolute atomic E-state index is 0.158. The maximum atomic E-state index is 11.5. The summed E-state index contributed by atoms with van der Waals surface area (Å²) >= 11 is 0. The van der Waals surface area contributed by atoms with Crippen LogP contribution in [-0.2, 0) is 9.84 Å². The molecule has 0 aromatic carbocycles. The van der Waals surface area contributed by atoms with Crippen LogP contribution in [0, 0.1) is 11.8 Å². The lowest BCUT2D eigenvalue weighted by molar-refractivity contribution is 0.0574. The molecule has 0 aromatic rings. The highest BCUT2D eigenvalue weighted by Gasteiger charge is 2.42. The monoisotopic (exact) mass is 237 g/mol. The van der Waals surface area contributed by atoms with Crippen LogP contribution >= 0.6 is 0 Å². The van der Waals surface area contributed by atoms with Gasteiger partial charge in [-0.05, 0) is 26.3 Å². The second-order valence-electron chi connectivity index (χ2n) is 4.96. The summed E-state index contributed by atoms with van der Waals surface area (Å²) in [5.74, 6) is -0.0410. The highest BCUT2D eigenvalue weighted by Crippen LogP contribution is 2.28. The van der Waals surface area contributed by atoms with Gasteiger partial charge in [0.05, 0.1) is 10.9 Å². The summed E-state index contributed by atoms with van der Waals surface area (Å²) < 4.78 is 21.9. The van der Waals surface area contributed by atoms with Crippen LogP contribution in [0.25, 0.3) is 0 Å². The molecule has 0 aliphatic rings. The van der Waals surface area contributed by atoms with Gasteiger partial charge in [0.1, 0.15) is 0 Å². The van der Waals surface area contributed by atoms with Gasteiger partial charge < -0.3 is 10.8 Å². The SMILES string of the molecule is CC(C)C(CN)C(O)C(C)(C)S(C)(=O)=O. The number of hydrogen-bond acceptors (Lipinski definition) is 4. The molecule has 0 spiro atoms. The van der Waals surface area contributed by atoms with Gasteiger partial charge in [0.15, 0.2) is 9.84 Å². The van der Waals surface area contributed by atoms with Crippen LogP contribution in [0.1, 0.15) is 27.7 Å². The fourth-order valence-electron chi connectivity index (χ4n) is 1.50. The fraction of sp³-hybridized carbons (Fsp3) is 1.00. The van der Waals surface area contributed by atoms with E-state index in [2.05, 4.69) is 0 Å². The average Bonchev–Trinajstić information content (AvgIpc) is 2.02. The van der Waals surface area contributed by atoms with Gasteiger partial charge in [0.25, 0.3) is 0 Å². The third-order valence-corrected chi connectivity index (χ3v) is 5.35. The highest BCUT2D eigenvalue weighted by molar-refractivity contribution is 7.92. The van der Waals surface area contributed by atoms with Gasteiger partial charge in [-0.25, -0.2) is 8.42 Å². The van der Waals surface area contributed by atoms with Crippen molar-refractivity contribution in [1.29, 1.82) is 0 Å². The predicted molar refractivity (Wildman–Crippen MR) is 62.3 cm³/mol. The van der Waals surface area contributed by atoms with Gasteiger partial charge in [-0.15, -0.1) is 0 Å². The Balaban J connectivity index is 5.06. The molecule has 0 aliphatic carbocycles. The van der Waals surface area contributed by atoms with Crippen molar-refractivity contribution in [2.45, 2.75) is 38.5 Å². The van der Waals surface area contributed by atoms with Gasteiger partial charge in [0.2, 0.25) is 0 Å². The quantitative estimate of drug-likeness (QED) is 0.725. The molecule has 0 saturated carbocycles. The Bertz CT molecular complexity index is 296. The van der Waals surface area contributed by atoms with E-state index in [4.69, 9.17) is 5.73 Å². The van der Waals surface area contributed by atoms with Gasteiger partial charge in [-0.3, -0.25) is 0 Å². The number of aliphatic hydroxyl groups is 1. The summed E-state index contributed by atoms with van der Waals surface area (Å²) in [4.78, 5) is 0. The standard InChI is InChI=1S/C10H23NO3S/c1-7(2)8(6-11)9(12)10(3,4)15(5,13)14/h7-9,12H,6,11H2,1-5H3. The fourth-order valence-corrected chi connectivity index (χ4v) is 2.11. The van der Waals surface area contributed by atoms with Crippen LogP contribution in [0.5, 0.6) is 0 Å². The lowest BCUT2D eigenvalue weighted by atomic mass is 9.84. The Hall–Kier alpha value is -0.130. The molecule has 3 N–H and O–H groups in total. The second-order valence-corrected chi connectivity index (χ2v) is 7.56. The molecular formula is C10H23NO3S. The first kappa shape index (κ1) is 14.9. The summed E-state index contributed by atoms with van der Waals surface area (Å²) in [6.07, 6.45) is 0.210. The van der Waals surface area contributed by atoms with Crippen LogP contribution in [0.15, 0.2) is 0 Å². The molecule has 0 fully saturated rings. The van der Waals surface area contributed by atoms with Gasteiger partial charge in [-0.2, -0.15) is 0 Å². The average molecular weight is 237 g/mol. The Morgan fingerprint density at radius 1 is 1.33 bits per heavy atom. The van der Waals surface area contributed by atoms with E-state index in [0.29, 0.717) is 0 Å². The third-order valence-electron chi connectivity index (χ3n) is 3.20. The number of hydrogen-bond donors (Lipinski definition) is 2. The van der Waals surface area contributed by atoms with Gasteiger partial charge in [0, 0.05) is 12.2 Å². The third kappa shape index (κ3) is 3.16. The van der Waals surface area contributed by atoms with Crippen molar-refractivity contribution in [3.8, 4) is 0 Å². The molecule has 0 heterocycles. The van der Waals surface area contributed by atoms with Crippen molar-refractivity contribution in [1.82, 2.24) is 0 Å². The van der Waals surface area contributed by atoms with E-state index in [1.165, 1.54) is 13.8 Å². The number of nitrogens with two attached hydrogens (primary N) is 1. The van der Waals surface area contributed by atoms with E-state index in [-0.39, 0.29) is 18.4 Å². The summed E-state index contributed by atoms with van der Waals surface area (Å²) in [6, 6.07) is 0. The predicted octanol–water partition coefficient (Wildman–Crippen LogP) is 0.401. The first-order valence-electron chi connectivity index (χ1n) is 5.13. The largest absolute Gasteiger partial charge is 0.391 e. The first-order chi connectivity index (χ1) is 6.55. The Labute approximate surface area is 92.8 Å². The van der Waals surface area contributed by atoms with E-state index >= 15 is 0 Å². The number of aliphatic hydroxyl groups excluding tert-OH is 1. The summed E-state index contributed by atoms with van der Waals surface area (Å²) in [5.41, 5.74) is 5.56. The second kappa shape index (κ2) is 4.80. The lowest BCUT2D eigenvalue weighted by Crippen LogP contribution is -2.50. The van der Waals surface area contributed by atoms with Crippen molar-refractivity contribution in [2.24, 2.45) is 17.6 Å². The molecule has 0 aromatic heterocycles. The Morgan fingerprint density at radius 3 is 1.93 bits per heavy atom. The molecule has 0 saturated heterocycles. The maximum Gasteiger partial charge on any atom is 0.155 e. The minimum atomic E-state index is -3.30. The van der Waals surface area contributed by atoms with Crippen molar-refractivity contribution in [3.63, 3.8) is 0 Å². The molecule has 2 unspecified atom stereocenters. The highest BCUT2D eigenvalue weighted by atomic mass is 32.2. The minimum Gasteiger partial charge on any atom is -0.391 e. The molecule has 0 radical (unpaired) electrons. The number of rotatable bonds is 5. The van der Waals surface area contributed by atoms with Crippen molar-refractivity contribution in [3.05, 3.63) is 0 Å². The molecular weight excluding hydrogens is 214 g/mol. The zero-order valence-corrected chi connectivity index (χ0v) is 11.0. The molecule has 0 rings (SSSR count). The lowest BCUT2D eigenvalue weighted by Gasteiger charge is -2.35. The number of sulfone groups is 1. The van der Waals surface area contributed by atoms with E-state index in [0.717, 1.165) is 6.26 Å². The molecule has 0 bridgehead atoms. The summed E-state index contributed by atoms with van der Waals surface area (Å²) in [7, 11) is -3.30. The van der Waals surface area contributed by atoms with E-state index in [1.807, 2.05) is 13.8 Å². The first-order valence-corrected chi connectivity index (χ1v) is 7.02. The van der Waals surface area contributed by atoms with Gasteiger partial charge in [-0.1, -0.05) is 13.8 Å². The van der Waals surface area contributed by atoms with E-state index in [9.17, 15) is 13.5 Å². The smallest absolute Gasteiger partial charge is 0.155 e. The van der Waals surface area contributed by atoms with E-state index in [1.54, 1.807) is 0 Å². The van der Waals surface area contributed by atoms with Crippen LogP contribution < -0.4 is 5.73 Å². The normalized spacial score (nSPS) is 17.9. The summed E-state index contributed by atoms with van der Waals surface area (Å²) in [5, 5.41) is 10.1. The molecule has 5 heteroatoms. The maximum absolute atomic E-state index is 11.5. The van der Waals surface area contributed by atoms with Crippen LogP contribution in [0.3, 0.4) is 0 Å². The molecule has 92 valence electrons. The van der Waals surface area contributed by atoms with Crippen molar-refractivity contribution >= 4 is 9.84 Å². The molecule has 0 amide bonds. The molecule has 15 heavy (non-hydrogen) atoms. The Morgan fingerprint density at radius 2 is 1.73 bits per heavy atom. The zero-order chi connectivity index (χ0) is 12.4. The Kier molecular flexibility index (Phi) is 4.76. The van der Waals surface area contributed by atoms with Crippen molar-refractivity contribution in [2.75, 3.05) is 12.8 Å². The molecule has 0 aliphatic heterocycles.